The summed E-state index contributed by atoms with van der Waals surface area (Å²) in [6, 6.07) is 0.740. The van der Waals surface area contributed by atoms with Gasteiger partial charge in [0, 0.05) is 6.04 Å². The van der Waals surface area contributed by atoms with E-state index in [2.05, 4.69) is 33.1 Å². The van der Waals surface area contributed by atoms with Crippen LogP contribution in [0.25, 0.3) is 0 Å². The van der Waals surface area contributed by atoms with Crippen molar-refractivity contribution in [2.45, 2.75) is 46.1 Å². The summed E-state index contributed by atoms with van der Waals surface area (Å²) in [5.74, 6) is 0.972. The number of nitrogens with one attached hydrogen (secondary N) is 1. The molecule has 1 nitrogen and oxygen atoms in total. The molecule has 0 spiro atoms. The summed E-state index contributed by atoms with van der Waals surface area (Å²) in [5.41, 5.74) is 1.13. The van der Waals surface area contributed by atoms with Crippen molar-refractivity contribution < 1.29 is 0 Å². The van der Waals surface area contributed by atoms with Crippen LogP contribution in [0.2, 0.25) is 0 Å². The highest BCUT2D eigenvalue weighted by Gasteiger charge is 2.58. The van der Waals surface area contributed by atoms with E-state index in [-0.39, 0.29) is 0 Å². The molecule has 1 unspecified atom stereocenters. The first kappa shape index (κ1) is 8.55. The molecule has 2 bridgehead atoms. The van der Waals surface area contributed by atoms with Gasteiger partial charge in [0.15, 0.2) is 0 Å². The monoisotopic (exact) mass is 167 g/mol. The van der Waals surface area contributed by atoms with E-state index in [1.165, 1.54) is 19.3 Å². The van der Waals surface area contributed by atoms with Crippen molar-refractivity contribution in [1.82, 2.24) is 5.32 Å². The zero-order valence-electron chi connectivity index (χ0n) is 8.78. The molecule has 0 amide bonds. The highest BCUT2D eigenvalue weighted by molar-refractivity contribution is 5.11. The van der Waals surface area contributed by atoms with Crippen LogP contribution >= 0.6 is 0 Å². The summed E-state index contributed by atoms with van der Waals surface area (Å²) < 4.78 is 0. The van der Waals surface area contributed by atoms with Crippen molar-refractivity contribution in [3.8, 4) is 0 Å². The molecule has 2 aliphatic carbocycles. The summed E-state index contributed by atoms with van der Waals surface area (Å²) in [7, 11) is 2.12. The molecule has 0 aromatic carbocycles. The molecule has 1 N–H and O–H groups in total. The molecule has 2 aliphatic rings. The minimum absolute atomic E-state index is 0.530. The average Bonchev–Trinajstić information content (AvgIpc) is 2.39. The Morgan fingerprint density at radius 1 is 1.25 bits per heavy atom. The summed E-state index contributed by atoms with van der Waals surface area (Å²) in [6.45, 7) is 7.33. The second kappa shape index (κ2) is 2.25. The molecule has 0 heterocycles. The topological polar surface area (TPSA) is 12.0 Å². The number of fused-ring (bicyclic) bond motifs is 2. The van der Waals surface area contributed by atoms with Crippen molar-refractivity contribution in [3.63, 3.8) is 0 Å². The van der Waals surface area contributed by atoms with Gasteiger partial charge >= 0.3 is 0 Å². The van der Waals surface area contributed by atoms with E-state index in [1.54, 1.807) is 0 Å². The maximum Gasteiger partial charge on any atom is 0.0172 e. The zero-order chi connectivity index (χ0) is 8.98. The lowest BCUT2D eigenvalue weighted by Gasteiger charge is -2.42. The average molecular weight is 167 g/mol. The standard InChI is InChI=1S/C11H21N/c1-10(2)8-5-6-11(3,7-8)9(10)12-4/h8-9,12H,5-7H2,1-4H3/t8-,9?,11+/m0/s1. The summed E-state index contributed by atoms with van der Waals surface area (Å²) in [5, 5.41) is 3.53. The molecule has 70 valence electrons. The predicted molar refractivity (Wildman–Crippen MR) is 52.1 cm³/mol. The molecular formula is C11H21N. The Balaban J connectivity index is 2.31. The third kappa shape index (κ3) is 0.834. The van der Waals surface area contributed by atoms with Crippen molar-refractivity contribution in [2.75, 3.05) is 7.05 Å². The fraction of sp³-hybridized carbons (Fsp3) is 1.00. The minimum Gasteiger partial charge on any atom is -0.316 e. The molecule has 1 heteroatoms. The van der Waals surface area contributed by atoms with Crippen molar-refractivity contribution in [3.05, 3.63) is 0 Å². The van der Waals surface area contributed by atoms with Gasteiger partial charge in [-0.05, 0) is 43.1 Å². The first-order chi connectivity index (χ1) is 5.50. The van der Waals surface area contributed by atoms with Gasteiger partial charge in [-0.25, -0.2) is 0 Å². The van der Waals surface area contributed by atoms with Crippen molar-refractivity contribution in [2.24, 2.45) is 16.7 Å². The minimum atomic E-state index is 0.530. The largest absolute Gasteiger partial charge is 0.316 e. The Hall–Kier alpha value is -0.0400. The number of hydrogen-bond donors (Lipinski definition) is 1. The first-order valence-electron chi connectivity index (χ1n) is 5.18. The first-order valence-corrected chi connectivity index (χ1v) is 5.18. The van der Waals surface area contributed by atoms with Crippen LogP contribution in [0.1, 0.15) is 40.0 Å². The molecule has 2 fully saturated rings. The van der Waals surface area contributed by atoms with Gasteiger partial charge in [0.25, 0.3) is 0 Å². The van der Waals surface area contributed by atoms with Crippen LogP contribution in [0.15, 0.2) is 0 Å². The van der Waals surface area contributed by atoms with Gasteiger partial charge in [-0.2, -0.15) is 0 Å². The third-order valence-corrected chi connectivity index (χ3v) is 4.56. The predicted octanol–water partition coefficient (Wildman–Crippen LogP) is 2.42. The molecule has 0 aliphatic heterocycles. The molecule has 0 aromatic heterocycles. The van der Waals surface area contributed by atoms with Gasteiger partial charge in [-0.1, -0.05) is 20.8 Å². The molecule has 0 aromatic rings. The summed E-state index contributed by atoms with van der Waals surface area (Å²) in [4.78, 5) is 0. The van der Waals surface area contributed by atoms with Crippen LogP contribution in [-0.2, 0) is 0 Å². The Bertz CT molecular complexity index is 192. The van der Waals surface area contributed by atoms with Crippen molar-refractivity contribution in [1.29, 1.82) is 0 Å². The lowest BCUT2D eigenvalue weighted by molar-refractivity contribution is 0.116. The van der Waals surface area contributed by atoms with Crippen LogP contribution in [0, 0.1) is 16.7 Å². The fourth-order valence-corrected chi connectivity index (χ4v) is 4.02. The van der Waals surface area contributed by atoms with E-state index >= 15 is 0 Å². The van der Waals surface area contributed by atoms with Gasteiger partial charge in [0.2, 0.25) is 0 Å². The zero-order valence-corrected chi connectivity index (χ0v) is 8.78. The van der Waals surface area contributed by atoms with Crippen molar-refractivity contribution >= 4 is 0 Å². The van der Waals surface area contributed by atoms with Gasteiger partial charge in [0.05, 0.1) is 0 Å². The Kier molecular flexibility index (Phi) is 1.61. The van der Waals surface area contributed by atoms with Gasteiger partial charge < -0.3 is 5.32 Å². The van der Waals surface area contributed by atoms with Gasteiger partial charge in [-0.15, -0.1) is 0 Å². The summed E-state index contributed by atoms with van der Waals surface area (Å²) >= 11 is 0. The van der Waals surface area contributed by atoms with E-state index in [4.69, 9.17) is 0 Å². The lowest BCUT2D eigenvalue weighted by Crippen LogP contribution is -2.48. The number of rotatable bonds is 1. The SMILES string of the molecule is CNC1C(C)(C)[C@H]2CC[C@]1(C)C2. The Morgan fingerprint density at radius 2 is 1.92 bits per heavy atom. The second-order valence-corrected chi connectivity index (χ2v) is 5.64. The highest BCUT2D eigenvalue weighted by Crippen LogP contribution is 2.62. The Morgan fingerprint density at radius 3 is 2.25 bits per heavy atom. The summed E-state index contributed by atoms with van der Waals surface area (Å²) in [6.07, 6.45) is 4.35. The van der Waals surface area contributed by atoms with Crippen LogP contribution in [-0.4, -0.2) is 13.1 Å². The van der Waals surface area contributed by atoms with Crippen LogP contribution < -0.4 is 5.32 Å². The van der Waals surface area contributed by atoms with E-state index in [9.17, 15) is 0 Å². The van der Waals surface area contributed by atoms with E-state index in [0.29, 0.717) is 10.8 Å². The lowest BCUT2D eigenvalue weighted by atomic mass is 9.68. The smallest absolute Gasteiger partial charge is 0.0172 e. The molecule has 2 rings (SSSR count). The Labute approximate surface area is 75.9 Å². The normalized spacial score (nSPS) is 50.0. The maximum absolute atomic E-state index is 3.53. The van der Waals surface area contributed by atoms with Gasteiger partial charge in [0.1, 0.15) is 0 Å². The quantitative estimate of drug-likeness (QED) is 0.632. The van der Waals surface area contributed by atoms with E-state index in [0.717, 1.165) is 12.0 Å². The van der Waals surface area contributed by atoms with E-state index < -0.39 is 0 Å². The molecule has 12 heavy (non-hydrogen) atoms. The second-order valence-electron chi connectivity index (χ2n) is 5.64. The third-order valence-electron chi connectivity index (χ3n) is 4.56. The molecular weight excluding hydrogens is 146 g/mol. The van der Waals surface area contributed by atoms with Crippen LogP contribution in [0.3, 0.4) is 0 Å². The fourth-order valence-electron chi connectivity index (χ4n) is 4.02. The highest BCUT2D eigenvalue weighted by atomic mass is 15.0. The van der Waals surface area contributed by atoms with E-state index in [1.807, 2.05) is 0 Å². The van der Waals surface area contributed by atoms with Crippen LogP contribution in [0.4, 0.5) is 0 Å². The molecule has 3 atom stereocenters. The van der Waals surface area contributed by atoms with Gasteiger partial charge in [-0.3, -0.25) is 0 Å². The maximum atomic E-state index is 3.53. The van der Waals surface area contributed by atoms with Crippen LogP contribution in [0.5, 0.6) is 0 Å². The molecule has 2 saturated carbocycles. The number of hydrogen-bond acceptors (Lipinski definition) is 1. The molecule has 0 saturated heterocycles. The molecule has 0 radical (unpaired) electrons.